The lowest BCUT2D eigenvalue weighted by Gasteiger charge is -2.46. The molecule has 122 valence electrons. The molecular formula is C11H18NO9-. The topological polar surface area (TPSA) is 180 Å². The summed E-state index contributed by atoms with van der Waals surface area (Å²) in [5, 5.41) is 60.8. The second-order valence-corrected chi connectivity index (χ2v) is 4.89. The molecule has 21 heavy (non-hydrogen) atoms. The van der Waals surface area contributed by atoms with E-state index in [9.17, 15) is 35.1 Å². The van der Waals surface area contributed by atoms with Crippen molar-refractivity contribution >= 4 is 11.9 Å². The van der Waals surface area contributed by atoms with Crippen LogP contribution in [0.2, 0.25) is 0 Å². The Labute approximate surface area is 119 Å². The van der Waals surface area contributed by atoms with Gasteiger partial charge in [0.05, 0.1) is 18.8 Å². The number of aliphatic hydroxyl groups is 5. The Morgan fingerprint density at radius 1 is 1.48 bits per heavy atom. The van der Waals surface area contributed by atoms with Crippen LogP contribution in [0.3, 0.4) is 0 Å². The van der Waals surface area contributed by atoms with Crippen LogP contribution >= 0.6 is 0 Å². The second-order valence-electron chi connectivity index (χ2n) is 4.89. The van der Waals surface area contributed by atoms with E-state index in [4.69, 9.17) is 9.84 Å². The summed E-state index contributed by atoms with van der Waals surface area (Å²) < 4.78 is 4.80. The van der Waals surface area contributed by atoms with Crippen LogP contribution in [0, 0.1) is 0 Å². The zero-order valence-electron chi connectivity index (χ0n) is 11.2. The van der Waals surface area contributed by atoms with Crippen molar-refractivity contribution in [2.24, 2.45) is 0 Å². The molecule has 0 aliphatic carbocycles. The van der Waals surface area contributed by atoms with E-state index in [0.717, 1.165) is 6.92 Å². The number of aliphatic carboxylic acids is 1. The van der Waals surface area contributed by atoms with Crippen LogP contribution in [0.4, 0.5) is 0 Å². The number of carboxylic acid groups (broad SMARTS) is 1. The molecule has 1 fully saturated rings. The first-order chi connectivity index (χ1) is 9.62. The van der Waals surface area contributed by atoms with Crippen molar-refractivity contribution in [1.82, 2.24) is 5.32 Å². The third-order valence-electron chi connectivity index (χ3n) is 3.19. The molecule has 0 radical (unpaired) electrons. The molecule has 1 aliphatic rings. The molecule has 1 aliphatic heterocycles. The molecule has 6 atom stereocenters. The van der Waals surface area contributed by atoms with Gasteiger partial charge in [-0.1, -0.05) is 0 Å². The third kappa shape index (κ3) is 3.87. The van der Waals surface area contributed by atoms with Gasteiger partial charge in [0.15, 0.2) is 0 Å². The number of carbonyl (C=O) groups excluding carboxylic acids is 2. The minimum atomic E-state index is -2.89. The summed E-state index contributed by atoms with van der Waals surface area (Å²) in [5.41, 5.74) is 0. The Bertz CT molecular complexity index is 403. The zero-order chi connectivity index (χ0) is 16.4. The lowest BCUT2D eigenvalue weighted by atomic mass is 9.88. The molecule has 10 heteroatoms. The van der Waals surface area contributed by atoms with Crippen LogP contribution in [0.5, 0.6) is 0 Å². The van der Waals surface area contributed by atoms with Gasteiger partial charge in [-0.25, -0.2) is 0 Å². The Morgan fingerprint density at radius 2 is 2.05 bits per heavy atom. The summed E-state index contributed by atoms with van der Waals surface area (Å²) in [6, 6.07) is -1.29. The molecule has 0 bridgehead atoms. The third-order valence-corrected chi connectivity index (χ3v) is 3.19. The lowest BCUT2D eigenvalue weighted by molar-refractivity contribution is -0.374. The molecule has 1 heterocycles. The summed E-state index contributed by atoms with van der Waals surface area (Å²) in [6.07, 6.45) is -7.67. The first-order valence-electron chi connectivity index (χ1n) is 6.16. The maximum atomic E-state index is 11.1. The molecule has 0 aromatic rings. The summed E-state index contributed by atoms with van der Waals surface area (Å²) in [5.74, 6) is -5.55. The highest BCUT2D eigenvalue weighted by Gasteiger charge is 2.50. The van der Waals surface area contributed by atoms with Gasteiger partial charge in [-0.15, -0.1) is 0 Å². The van der Waals surface area contributed by atoms with Crippen LogP contribution in [0.15, 0.2) is 0 Å². The van der Waals surface area contributed by atoms with E-state index in [1.54, 1.807) is 0 Å². The smallest absolute Gasteiger partial charge is 0.217 e. The normalized spacial score (nSPS) is 35.8. The van der Waals surface area contributed by atoms with Gasteiger partial charge in [-0.05, 0) is 0 Å². The average molecular weight is 308 g/mol. The van der Waals surface area contributed by atoms with E-state index in [-0.39, 0.29) is 0 Å². The molecule has 0 aromatic heterocycles. The molecule has 6 N–H and O–H groups in total. The van der Waals surface area contributed by atoms with Crippen molar-refractivity contribution < 1.29 is 45.0 Å². The largest absolute Gasteiger partial charge is 0.544 e. The highest BCUT2D eigenvalue weighted by atomic mass is 16.7. The van der Waals surface area contributed by atoms with Crippen molar-refractivity contribution in [2.75, 3.05) is 6.61 Å². The predicted molar refractivity (Wildman–Crippen MR) is 62.2 cm³/mol. The van der Waals surface area contributed by atoms with E-state index in [2.05, 4.69) is 5.32 Å². The van der Waals surface area contributed by atoms with Gasteiger partial charge in [0.1, 0.15) is 24.3 Å². The summed E-state index contributed by atoms with van der Waals surface area (Å²) >= 11 is 0. The fourth-order valence-corrected chi connectivity index (χ4v) is 2.13. The van der Waals surface area contributed by atoms with E-state index in [1.807, 2.05) is 0 Å². The molecule has 0 saturated carbocycles. The van der Waals surface area contributed by atoms with Crippen molar-refractivity contribution in [1.29, 1.82) is 0 Å². The molecule has 0 unspecified atom stereocenters. The fourth-order valence-electron chi connectivity index (χ4n) is 2.13. The van der Waals surface area contributed by atoms with E-state index >= 15 is 0 Å². The summed E-state index contributed by atoms with van der Waals surface area (Å²) in [7, 11) is 0. The number of carbonyl (C=O) groups is 2. The van der Waals surface area contributed by atoms with Crippen molar-refractivity contribution in [3.05, 3.63) is 0 Å². The number of hydrogen-bond donors (Lipinski definition) is 6. The van der Waals surface area contributed by atoms with Crippen molar-refractivity contribution in [3.63, 3.8) is 0 Å². The highest BCUT2D eigenvalue weighted by molar-refractivity contribution is 5.74. The number of amides is 1. The number of aliphatic hydroxyl groups excluding tert-OH is 4. The number of hydrogen-bond acceptors (Lipinski definition) is 9. The molecule has 0 aromatic carbocycles. The van der Waals surface area contributed by atoms with Crippen LogP contribution in [0.25, 0.3) is 0 Å². The van der Waals surface area contributed by atoms with Gasteiger partial charge in [-0.2, -0.15) is 0 Å². The average Bonchev–Trinajstić information content (AvgIpc) is 2.39. The SMILES string of the molecule is CC(=O)N[C@@H]1[C@@H]([C@H](O)[C@@H](O)CO)O[C@](O)(C(=O)[O-])C[C@H]1O. The maximum absolute atomic E-state index is 11.1. The van der Waals surface area contributed by atoms with Gasteiger partial charge in [0.25, 0.3) is 0 Å². The molecule has 0 spiro atoms. The quantitative estimate of drug-likeness (QED) is 0.289. The molecule has 1 amide bonds. The van der Waals surface area contributed by atoms with Gasteiger partial charge in [-0.3, -0.25) is 4.79 Å². The van der Waals surface area contributed by atoms with Gasteiger partial charge >= 0.3 is 0 Å². The molecule has 10 nitrogen and oxygen atoms in total. The minimum absolute atomic E-state index is 0.614. The van der Waals surface area contributed by atoms with Crippen molar-refractivity contribution in [2.45, 2.75) is 49.6 Å². The maximum Gasteiger partial charge on any atom is 0.217 e. The monoisotopic (exact) mass is 308 g/mol. The van der Waals surface area contributed by atoms with Crippen LogP contribution in [0.1, 0.15) is 13.3 Å². The Hall–Kier alpha value is -1.30. The standard InChI is InChI=1S/C11H19NO9/c1-4(14)12-7-5(15)2-11(20,10(18)19)21-9(7)8(17)6(16)3-13/h5-9,13,15-17,20H,2-3H2,1H3,(H,12,14)(H,18,19)/p-1/t5-,6+,7+,8-,9+,11+/m1/s1. The predicted octanol–water partition coefficient (Wildman–Crippen LogP) is -5.21. The van der Waals surface area contributed by atoms with Crippen LogP contribution < -0.4 is 10.4 Å². The van der Waals surface area contributed by atoms with Crippen LogP contribution in [-0.4, -0.2) is 80.3 Å². The van der Waals surface area contributed by atoms with Crippen molar-refractivity contribution in [3.8, 4) is 0 Å². The molecule has 1 rings (SSSR count). The Kier molecular flexibility index (Phi) is 5.61. The summed E-state index contributed by atoms with van der Waals surface area (Å²) in [6.45, 7) is 0.228. The van der Waals surface area contributed by atoms with E-state index in [0.29, 0.717) is 0 Å². The first-order valence-corrected chi connectivity index (χ1v) is 6.16. The lowest BCUT2D eigenvalue weighted by Crippen LogP contribution is -2.68. The minimum Gasteiger partial charge on any atom is -0.544 e. The zero-order valence-corrected chi connectivity index (χ0v) is 11.2. The number of carboxylic acids is 1. The Balaban J connectivity index is 3.07. The van der Waals surface area contributed by atoms with Crippen LogP contribution in [-0.2, 0) is 14.3 Å². The fraction of sp³-hybridized carbons (Fsp3) is 0.818. The second kappa shape index (κ2) is 6.64. The highest BCUT2D eigenvalue weighted by Crippen LogP contribution is 2.29. The summed E-state index contributed by atoms with van der Waals surface area (Å²) in [4.78, 5) is 22.0. The number of nitrogens with one attached hydrogen (secondary N) is 1. The Morgan fingerprint density at radius 3 is 2.48 bits per heavy atom. The van der Waals surface area contributed by atoms with Gasteiger partial charge in [0.2, 0.25) is 11.7 Å². The van der Waals surface area contributed by atoms with Gasteiger partial charge < -0.3 is 45.5 Å². The van der Waals surface area contributed by atoms with E-state index in [1.165, 1.54) is 0 Å². The molecule has 1 saturated heterocycles. The van der Waals surface area contributed by atoms with E-state index < -0.39 is 61.1 Å². The number of ether oxygens (including phenoxy) is 1. The first kappa shape index (κ1) is 17.8. The van der Waals surface area contributed by atoms with Gasteiger partial charge in [0, 0.05) is 13.3 Å². The molecular weight excluding hydrogens is 290 g/mol. The number of rotatable bonds is 5.